The predicted molar refractivity (Wildman–Crippen MR) is 69.8 cm³/mol. The molecule has 2 aromatic carbocycles. The molecule has 3 heteroatoms. The highest BCUT2D eigenvalue weighted by Crippen LogP contribution is 2.04. The van der Waals surface area contributed by atoms with Gasteiger partial charge in [0.1, 0.15) is 5.82 Å². The minimum absolute atomic E-state index is 0.197. The summed E-state index contributed by atoms with van der Waals surface area (Å²) in [6.45, 7) is 0.563. The Labute approximate surface area is 102 Å². The molecule has 85 valence electrons. The van der Waals surface area contributed by atoms with Crippen molar-refractivity contribution in [3.8, 4) is 0 Å². The van der Waals surface area contributed by atoms with Gasteiger partial charge >= 0.3 is 0 Å². The summed E-state index contributed by atoms with van der Waals surface area (Å²) in [6, 6.07) is 14.8. The molecule has 0 aliphatic rings. The van der Waals surface area contributed by atoms with Gasteiger partial charge in [-0.2, -0.15) is 0 Å². The molecule has 0 spiro atoms. The third-order valence-corrected chi connectivity index (χ3v) is 2.68. The summed E-state index contributed by atoms with van der Waals surface area (Å²) in [7, 11) is 2.01. The molecule has 1 radical (unpaired) electrons. The van der Waals surface area contributed by atoms with Crippen molar-refractivity contribution in [2.75, 3.05) is 0 Å². The van der Waals surface area contributed by atoms with Gasteiger partial charge in [-0.1, -0.05) is 47.4 Å². The van der Waals surface area contributed by atoms with Crippen LogP contribution in [-0.2, 0) is 12.9 Å². The topological polar surface area (TPSA) is 26.0 Å². The number of halogens is 1. The number of nitrogens with two attached hydrogens (primary N) is 1. The van der Waals surface area contributed by atoms with E-state index in [2.05, 4.69) is 12.1 Å². The summed E-state index contributed by atoms with van der Waals surface area (Å²) in [6.07, 6.45) is 0.800. The molecule has 0 aliphatic carbocycles. The molecule has 0 aliphatic heterocycles. The molecule has 0 heterocycles. The second-order valence-electron chi connectivity index (χ2n) is 3.98. The van der Waals surface area contributed by atoms with Gasteiger partial charge in [0, 0.05) is 6.54 Å². The highest BCUT2D eigenvalue weighted by Gasteiger charge is 1.99. The van der Waals surface area contributed by atoms with E-state index in [0.29, 0.717) is 6.54 Å². The highest BCUT2D eigenvalue weighted by atomic mass is 19.1. The maximum atomic E-state index is 13.0. The lowest BCUT2D eigenvalue weighted by Gasteiger charge is -2.02. The number of hydrogen-bond donors (Lipinski definition) is 1. The van der Waals surface area contributed by atoms with Crippen molar-refractivity contribution in [2.24, 2.45) is 5.73 Å². The molecule has 0 bridgehead atoms. The summed E-state index contributed by atoms with van der Waals surface area (Å²) in [5, 5.41) is 0. The van der Waals surface area contributed by atoms with Gasteiger partial charge in [-0.25, -0.2) is 4.39 Å². The van der Waals surface area contributed by atoms with E-state index in [1.165, 1.54) is 17.7 Å². The van der Waals surface area contributed by atoms with E-state index >= 15 is 0 Å². The van der Waals surface area contributed by atoms with Gasteiger partial charge < -0.3 is 5.73 Å². The zero-order chi connectivity index (χ0) is 12.1. The fourth-order valence-corrected chi connectivity index (χ4v) is 1.68. The summed E-state index contributed by atoms with van der Waals surface area (Å²) in [5.41, 5.74) is 8.77. The van der Waals surface area contributed by atoms with E-state index in [1.807, 2.05) is 25.5 Å². The van der Waals surface area contributed by atoms with Gasteiger partial charge in [0.2, 0.25) is 0 Å². The van der Waals surface area contributed by atoms with E-state index in [-0.39, 0.29) is 5.82 Å². The zero-order valence-electron chi connectivity index (χ0n) is 9.57. The number of benzene rings is 2. The van der Waals surface area contributed by atoms with Crippen molar-refractivity contribution in [1.29, 1.82) is 0 Å². The van der Waals surface area contributed by atoms with Crippen LogP contribution in [0.25, 0.3) is 0 Å². The summed E-state index contributed by atoms with van der Waals surface area (Å²) >= 11 is 0. The molecule has 0 atom stereocenters. The van der Waals surface area contributed by atoms with Crippen molar-refractivity contribution < 1.29 is 4.39 Å². The second-order valence-corrected chi connectivity index (χ2v) is 3.98. The quantitative estimate of drug-likeness (QED) is 0.790. The predicted octanol–water partition coefficient (Wildman–Crippen LogP) is 1.81. The SMILES string of the molecule is NCc1ccc(C[B]c2cccc(F)c2)cc1. The molecule has 17 heavy (non-hydrogen) atoms. The van der Waals surface area contributed by atoms with Crippen molar-refractivity contribution in [1.82, 2.24) is 0 Å². The van der Waals surface area contributed by atoms with Crippen LogP contribution in [-0.4, -0.2) is 7.28 Å². The van der Waals surface area contributed by atoms with Gasteiger partial charge in [0.05, 0.1) is 0 Å². The molecular formula is C14H14BFN. The van der Waals surface area contributed by atoms with Crippen molar-refractivity contribution >= 4 is 12.7 Å². The fourth-order valence-electron chi connectivity index (χ4n) is 1.68. The van der Waals surface area contributed by atoms with Crippen LogP contribution in [0.4, 0.5) is 4.39 Å². The van der Waals surface area contributed by atoms with Crippen LogP contribution in [0.1, 0.15) is 11.1 Å². The first-order valence-corrected chi connectivity index (χ1v) is 5.64. The Morgan fingerprint density at radius 3 is 2.35 bits per heavy atom. The van der Waals surface area contributed by atoms with E-state index in [1.54, 1.807) is 6.07 Å². The first-order valence-electron chi connectivity index (χ1n) is 5.64. The lowest BCUT2D eigenvalue weighted by atomic mass is 9.65. The van der Waals surface area contributed by atoms with Crippen LogP contribution in [0.15, 0.2) is 48.5 Å². The molecule has 0 saturated heterocycles. The van der Waals surface area contributed by atoms with Crippen LogP contribution in [0.5, 0.6) is 0 Å². The van der Waals surface area contributed by atoms with Crippen LogP contribution >= 0.6 is 0 Å². The van der Waals surface area contributed by atoms with Gasteiger partial charge in [-0.15, -0.1) is 0 Å². The maximum absolute atomic E-state index is 13.0. The second kappa shape index (κ2) is 5.64. The molecule has 2 rings (SSSR count). The minimum atomic E-state index is -0.197. The van der Waals surface area contributed by atoms with Crippen LogP contribution in [0.3, 0.4) is 0 Å². The number of rotatable bonds is 4. The smallest absolute Gasteiger partial charge is 0.156 e. The molecule has 0 aromatic heterocycles. The molecule has 2 N–H and O–H groups in total. The largest absolute Gasteiger partial charge is 0.326 e. The number of hydrogen-bond acceptors (Lipinski definition) is 1. The Balaban J connectivity index is 1.97. The van der Waals surface area contributed by atoms with Gasteiger partial charge in [0.25, 0.3) is 0 Å². The molecule has 0 fully saturated rings. The zero-order valence-corrected chi connectivity index (χ0v) is 9.57. The summed E-state index contributed by atoms with van der Waals surface area (Å²) < 4.78 is 13.0. The molecular weight excluding hydrogens is 212 g/mol. The Hall–Kier alpha value is -1.61. The van der Waals surface area contributed by atoms with E-state index in [9.17, 15) is 4.39 Å². The average Bonchev–Trinajstić information content (AvgIpc) is 2.37. The van der Waals surface area contributed by atoms with Crippen LogP contribution < -0.4 is 11.2 Å². The Bertz CT molecular complexity index is 482. The average molecular weight is 226 g/mol. The van der Waals surface area contributed by atoms with E-state index < -0.39 is 0 Å². The molecule has 1 nitrogen and oxygen atoms in total. The van der Waals surface area contributed by atoms with Crippen molar-refractivity contribution in [2.45, 2.75) is 12.9 Å². The lowest BCUT2D eigenvalue weighted by Crippen LogP contribution is -2.16. The first kappa shape index (κ1) is 11.9. The fraction of sp³-hybridized carbons (Fsp3) is 0.143. The molecule has 2 aromatic rings. The maximum Gasteiger partial charge on any atom is 0.156 e. The van der Waals surface area contributed by atoms with Gasteiger partial charge in [0.15, 0.2) is 7.28 Å². The van der Waals surface area contributed by atoms with Gasteiger partial charge in [-0.3, -0.25) is 0 Å². The van der Waals surface area contributed by atoms with Crippen LogP contribution in [0.2, 0.25) is 0 Å². The molecule has 0 saturated carbocycles. The molecule has 0 amide bonds. The Morgan fingerprint density at radius 1 is 1.00 bits per heavy atom. The summed E-state index contributed by atoms with van der Waals surface area (Å²) in [4.78, 5) is 0. The monoisotopic (exact) mass is 226 g/mol. The van der Waals surface area contributed by atoms with Crippen molar-refractivity contribution in [3.63, 3.8) is 0 Å². The minimum Gasteiger partial charge on any atom is -0.326 e. The third kappa shape index (κ3) is 3.43. The summed E-state index contributed by atoms with van der Waals surface area (Å²) in [5.74, 6) is -0.197. The first-order chi connectivity index (χ1) is 8.28. The lowest BCUT2D eigenvalue weighted by molar-refractivity contribution is 0.629. The molecule has 0 unspecified atom stereocenters. The van der Waals surface area contributed by atoms with E-state index in [0.717, 1.165) is 17.3 Å². The normalized spacial score (nSPS) is 10.2. The standard InChI is InChI=1S/C14H14BFN/c16-14-3-1-2-13(8-14)15-9-11-4-6-12(10-17)7-5-11/h1-8H,9-10,17H2. The highest BCUT2D eigenvalue weighted by molar-refractivity contribution is 6.52. The van der Waals surface area contributed by atoms with E-state index in [4.69, 9.17) is 5.73 Å². The van der Waals surface area contributed by atoms with Crippen LogP contribution in [0, 0.1) is 5.82 Å². The Morgan fingerprint density at radius 2 is 1.71 bits per heavy atom. The Kier molecular flexibility index (Phi) is 3.94. The third-order valence-electron chi connectivity index (χ3n) is 2.68. The van der Waals surface area contributed by atoms with Crippen molar-refractivity contribution in [3.05, 3.63) is 65.5 Å². The van der Waals surface area contributed by atoms with Gasteiger partial charge in [-0.05, 0) is 24.0 Å².